The maximum absolute atomic E-state index is 3.78. The van der Waals surface area contributed by atoms with Gasteiger partial charge in [0.05, 0.1) is 0 Å². The van der Waals surface area contributed by atoms with Crippen LogP contribution < -0.4 is 0 Å². The van der Waals surface area contributed by atoms with Crippen LogP contribution >= 0.6 is 0 Å². The lowest BCUT2D eigenvalue weighted by atomic mass is 10.0. The van der Waals surface area contributed by atoms with Gasteiger partial charge in [0.1, 0.15) is 0 Å². The standard InChI is InChI=1S/2C15H26.C14H24/c2*1-5-11-15(6-2)13-10-8-7-9-12-14(3)4;1-5-10-14(6-2)12-9-7-8-11-13(3)4/h2*5-6,12H,1,7-11,13H2,2-4H3;5-6,11H,1,7-10,12H2,2-4H3/b15-6+;15-6-;14-6+. The van der Waals surface area contributed by atoms with E-state index in [2.05, 4.69) is 119 Å². The molecule has 44 heavy (non-hydrogen) atoms. The first-order chi connectivity index (χ1) is 21.1. The zero-order chi connectivity index (χ0) is 33.8. The molecular formula is C44H76. The van der Waals surface area contributed by atoms with Crippen LogP contribution in [0.3, 0.4) is 0 Å². The first kappa shape index (κ1) is 46.1. The fraction of sp³-hybridized carbons (Fsp3) is 0.591. The van der Waals surface area contributed by atoms with Crippen LogP contribution in [0.2, 0.25) is 0 Å². The Hall–Kier alpha value is -2.34. The van der Waals surface area contributed by atoms with Crippen molar-refractivity contribution < 1.29 is 0 Å². The van der Waals surface area contributed by atoms with Gasteiger partial charge in [0, 0.05) is 0 Å². The Balaban J connectivity index is -0.000000574. The molecule has 0 unspecified atom stereocenters. The summed E-state index contributed by atoms with van der Waals surface area (Å²) >= 11 is 0. The highest BCUT2D eigenvalue weighted by molar-refractivity contribution is 5.06. The van der Waals surface area contributed by atoms with E-state index >= 15 is 0 Å². The average molecular weight is 605 g/mol. The predicted octanol–water partition coefficient (Wildman–Crippen LogP) is 15.9. The lowest BCUT2D eigenvalue weighted by Gasteiger charge is -2.03. The molecule has 0 spiro atoms. The summed E-state index contributed by atoms with van der Waals surface area (Å²) in [5.74, 6) is 0. The van der Waals surface area contributed by atoms with Crippen LogP contribution in [0.25, 0.3) is 0 Å². The molecule has 0 heteroatoms. The Morgan fingerprint density at radius 3 is 0.864 bits per heavy atom. The molecule has 0 aromatic rings. The van der Waals surface area contributed by atoms with Crippen LogP contribution in [-0.2, 0) is 0 Å². The Morgan fingerprint density at radius 1 is 0.386 bits per heavy atom. The second-order valence-corrected chi connectivity index (χ2v) is 12.6. The van der Waals surface area contributed by atoms with Crippen LogP contribution in [0, 0.1) is 0 Å². The minimum absolute atomic E-state index is 1.05. The van der Waals surface area contributed by atoms with Crippen molar-refractivity contribution in [2.75, 3.05) is 0 Å². The molecule has 0 fully saturated rings. The van der Waals surface area contributed by atoms with Crippen LogP contribution in [0.1, 0.15) is 171 Å². The predicted molar refractivity (Wildman–Crippen MR) is 209 cm³/mol. The van der Waals surface area contributed by atoms with Crippen LogP contribution in [-0.4, -0.2) is 0 Å². The Bertz CT molecular complexity index is 815. The van der Waals surface area contributed by atoms with E-state index in [1.165, 1.54) is 123 Å². The highest BCUT2D eigenvalue weighted by atomic mass is 14.0. The highest BCUT2D eigenvalue weighted by Crippen LogP contribution is 2.16. The van der Waals surface area contributed by atoms with Crippen molar-refractivity contribution in [3.05, 3.63) is 108 Å². The Morgan fingerprint density at radius 2 is 0.636 bits per heavy atom. The van der Waals surface area contributed by atoms with Crippen LogP contribution in [0.5, 0.6) is 0 Å². The first-order valence-electron chi connectivity index (χ1n) is 17.8. The first-order valence-corrected chi connectivity index (χ1v) is 17.8. The van der Waals surface area contributed by atoms with Gasteiger partial charge in [0.25, 0.3) is 0 Å². The lowest BCUT2D eigenvalue weighted by Crippen LogP contribution is -1.83. The molecule has 0 saturated heterocycles. The summed E-state index contributed by atoms with van der Waals surface area (Å²) in [5, 5.41) is 0. The molecule has 0 nitrogen and oxygen atoms in total. The number of unbranched alkanes of at least 4 members (excludes halogenated alkanes) is 8. The SMILES string of the molecule is C=CC/C(=C/C)CCCCCC=C(C)C.C=CC/C(=C\C)CCCCC=C(C)C.C=CC/C(=C\C)CCCCCC=C(C)C. The van der Waals surface area contributed by atoms with Gasteiger partial charge in [0.15, 0.2) is 0 Å². The fourth-order valence-corrected chi connectivity index (χ4v) is 4.66. The van der Waals surface area contributed by atoms with Crippen molar-refractivity contribution in [1.29, 1.82) is 0 Å². The van der Waals surface area contributed by atoms with E-state index in [9.17, 15) is 0 Å². The van der Waals surface area contributed by atoms with Gasteiger partial charge < -0.3 is 0 Å². The van der Waals surface area contributed by atoms with E-state index < -0.39 is 0 Å². The van der Waals surface area contributed by atoms with E-state index in [1.807, 2.05) is 18.2 Å². The molecule has 0 aliphatic carbocycles. The Kier molecular flexibility index (Phi) is 38.6. The molecule has 0 aliphatic heterocycles. The van der Waals surface area contributed by atoms with E-state index in [4.69, 9.17) is 0 Å². The number of hydrogen-bond acceptors (Lipinski definition) is 0. The summed E-state index contributed by atoms with van der Waals surface area (Å²) in [6.45, 7) is 30.7. The summed E-state index contributed by atoms with van der Waals surface area (Å²) < 4.78 is 0. The Labute approximate surface area is 278 Å². The summed E-state index contributed by atoms with van der Waals surface area (Å²) in [4.78, 5) is 0. The molecule has 0 atom stereocenters. The molecule has 0 heterocycles. The zero-order valence-electron chi connectivity index (χ0n) is 31.3. The van der Waals surface area contributed by atoms with Gasteiger partial charge in [-0.3, -0.25) is 0 Å². The molecule has 0 amide bonds. The highest BCUT2D eigenvalue weighted by Gasteiger charge is 1.96. The van der Waals surface area contributed by atoms with E-state index in [0.29, 0.717) is 0 Å². The third-order valence-corrected chi connectivity index (χ3v) is 7.46. The summed E-state index contributed by atoms with van der Waals surface area (Å²) in [5.41, 5.74) is 8.91. The van der Waals surface area contributed by atoms with Gasteiger partial charge in [-0.1, -0.05) is 101 Å². The fourth-order valence-electron chi connectivity index (χ4n) is 4.66. The molecular weight excluding hydrogens is 528 g/mol. The third kappa shape index (κ3) is 39.7. The molecule has 0 saturated carbocycles. The number of hydrogen-bond donors (Lipinski definition) is 0. The summed E-state index contributed by atoms with van der Waals surface area (Å²) in [7, 11) is 0. The van der Waals surface area contributed by atoms with Crippen molar-refractivity contribution in [1.82, 2.24) is 0 Å². The molecule has 0 N–H and O–H groups in total. The van der Waals surface area contributed by atoms with Gasteiger partial charge in [-0.05, 0) is 159 Å². The molecule has 0 aromatic carbocycles. The van der Waals surface area contributed by atoms with Gasteiger partial charge >= 0.3 is 0 Å². The minimum atomic E-state index is 1.05. The normalized spacial score (nSPS) is 11.2. The van der Waals surface area contributed by atoms with E-state index in [-0.39, 0.29) is 0 Å². The molecule has 0 bridgehead atoms. The quantitative estimate of drug-likeness (QED) is 0.0804. The second kappa shape index (κ2) is 36.8. The van der Waals surface area contributed by atoms with E-state index in [1.54, 1.807) is 0 Å². The molecule has 0 aliphatic rings. The smallest absolute Gasteiger partial charge is 0.0142 e. The van der Waals surface area contributed by atoms with Crippen molar-refractivity contribution in [2.24, 2.45) is 0 Å². The monoisotopic (exact) mass is 605 g/mol. The van der Waals surface area contributed by atoms with Crippen LogP contribution in [0.15, 0.2) is 108 Å². The van der Waals surface area contributed by atoms with E-state index in [0.717, 1.165) is 19.3 Å². The van der Waals surface area contributed by atoms with Gasteiger partial charge in [-0.25, -0.2) is 0 Å². The molecule has 0 radical (unpaired) electrons. The van der Waals surface area contributed by atoms with Crippen molar-refractivity contribution in [3.8, 4) is 0 Å². The topological polar surface area (TPSA) is 0 Å². The number of rotatable bonds is 23. The van der Waals surface area contributed by atoms with Crippen LogP contribution in [0.4, 0.5) is 0 Å². The zero-order valence-corrected chi connectivity index (χ0v) is 31.3. The largest absolute Gasteiger partial charge is 0.103 e. The summed E-state index contributed by atoms with van der Waals surface area (Å²) in [6, 6.07) is 0. The molecule has 0 rings (SSSR count). The second-order valence-electron chi connectivity index (χ2n) is 12.6. The summed E-state index contributed by atoms with van der Waals surface area (Å²) in [6.07, 6.45) is 40.9. The molecule has 0 aromatic heterocycles. The minimum Gasteiger partial charge on any atom is -0.103 e. The number of allylic oxidation sites excluding steroid dienone is 15. The lowest BCUT2D eigenvalue weighted by molar-refractivity contribution is 0.677. The van der Waals surface area contributed by atoms with Crippen molar-refractivity contribution >= 4 is 0 Å². The van der Waals surface area contributed by atoms with Crippen molar-refractivity contribution in [3.63, 3.8) is 0 Å². The van der Waals surface area contributed by atoms with Gasteiger partial charge in [0.2, 0.25) is 0 Å². The van der Waals surface area contributed by atoms with Gasteiger partial charge in [-0.15, -0.1) is 19.7 Å². The van der Waals surface area contributed by atoms with Crippen molar-refractivity contribution in [2.45, 2.75) is 171 Å². The molecule has 252 valence electrons. The average Bonchev–Trinajstić information content (AvgIpc) is 2.98. The maximum atomic E-state index is 3.78. The maximum Gasteiger partial charge on any atom is -0.0142 e. The third-order valence-electron chi connectivity index (χ3n) is 7.46. The van der Waals surface area contributed by atoms with Gasteiger partial charge in [-0.2, -0.15) is 0 Å².